The van der Waals surface area contributed by atoms with Gasteiger partial charge in [-0.3, -0.25) is 4.79 Å². The Bertz CT molecular complexity index is 977. The molecule has 0 saturated heterocycles. The summed E-state index contributed by atoms with van der Waals surface area (Å²) in [6, 6.07) is 15.5. The van der Waals surface area contributed by atoms with Crippen LogP contribution in [-0.2, 0) is 4.79 Å². The van der Waals surface area contributed by atoms with E-state index in [2.05, 4.69) is 37.1 Å². The zero-order chi connectivity index (χ0) is 20.9. The van der Waals surface area contributed by atoms with Crippen molar-refractivity contribution in [2.24, 2.45) is 11.3 Å². The van der Waals surface area contributed by atoms with Crippen molar-refractivity contribution in [2.75, 3.05) is 5.32 Å². The van der Waals surface area contributed by atoms with E-state index in [0.29, 0.717) is 17.4 Å². The van der Waals surface area contributed by atoms with Gasteiger partial charge >= 0.3 is 0 Å². The fraction of sp³-hybridized carbons (Fsp3) is 0.346. The minimum absolute atomic E-state index is 0.0511. The van der Waals surface area contributed by atoms with Crippen LogP contribution in [-0.4, -0.2) is 5.91 Å². The van der Waals surface area contributed by atoms with Gasteiger partial charge in [0.1, 0.15) is 0 Å². The second-order valence-electron chi connectivity index (χ2n) is 8.56. The summed E-state index contributed by atoms with van der Waals surface area (Å²) in [6.07, 6.45) is 5.64. The first kappa shape index (κ1) is 21.2. The standard InChI is InChI=1S/C26H28ClNO/c1-19-7-4-12-24(15-19)28-25(29)17-21-13-14-22(26(2,3)18-21)10-5-8-20-9-6-11-23(27)16-20/h4,6-7,9-12,15-16,21H,13-14,17-18H2,1-3H3,(H,28,29)/b22-10+. The highest BCUT2D eigenvalue weighted by Crippen LogP contribution is 2.44. The molecule has 3 heteroatoms. The Labute approximate surface area is 179 Å². The van der Waals surface area contributed by atoms with E-state index in [-0.39, 0.29) is 11.3 Å². The van der Waals surface area contributed by atoms with Crippen LogP contribution in [0.15, 0.2) is 60.2 Å². The normalized spacial score (nSPS) is 19.3. The van der Waals surface area contributed by atoms with Crippen molar-refractivity contribution in [1.29, 1.82) is 0 Å². The van der Waals surface area contributed by atoms with Gasteiger partial charge in [0.25, 0.3) is 0 Å². The lowest BCUT2D eigenvalue weighted by molar-refractivity contribution is -0.117. The molecule has 1 N–H and O–H groups in total. The number of halogens is 1. The van der Waals surface area contributed by atoms with E-state index in [9.17, 15) is 4.79 Å². The molecule has 2 nitrogen and oxygen atoms in total. The third-order valence-corrected chi connectivity index (χ3v) is 5.79. The van der Waals surface area contributed by atoms with Crippen LogP contribution in [0.3, 0.4) is 0 Å². The molecule has 0 radical (unpaired) electrons. The third kappa shape index (κ3) is 6.24. The quantitative estimate of drug-likeness (QED) is 0.560. The number of aryl methyl sites for hydroxylation is 1. The monoisotopic (exact) mass is 405 g/mol. The van der Waals surface area contributed by atoms with Crippen LogP contribution < -0.4 is 5.32 Å². The van der Waals surface area contributed by atoms with Gasteiger partial charge in [0, 0.05) is 22.7 Å². The van der Waals surface area contributed by atoms with Crippen LogP contribution in [0.5, 0.6) is 0 Å². The Morgan fingerprint density at radius 1 is 1.24 bits per heavy atom. The molecule has 1 amide bonds. The first-order valence-corrected chi connectivity index (χ1v) is 10.5. The van der Waals surface area contributed by atoms with Gasteiger partial charge in [-0.15, -0.1) is 0 Å². The smallest absolute Gasteiger partial charge is 0.224 e. The summed E-state index contributed by atoms with van der Waals surface area (Å²) in [5.74, 6) is 6.87. The van der Waals surface area contributed by atoms with Crippen molar-refractivity contribution in [1.82, 2.24) is 0 Å². The molecule has 2 aromatic carbocycles. The molecule has 0 heterocycles. The summed E-state index contributed by atoms with van der Waals surface area (Å²) < 4.78 is 0. The Balaban J connectivity index is 1.59. The summed E-state index contributed by atoms with van der Waals surface area (Å²) in [7, 11) is 0. The largest absolute Gasteiger partial charge is 0.326 e. The van der Waals surface area contributed by atoms with Gasteiger partial charge < -0.3 is 5.32 Å². The number of amides is 1. The minimum atomic E-state index is 0.0511. The zero-order valence-electron chi connectivity index (χ0n) is 17.4. The second kappa shape index (κ2) is 9.33. The van der Waals surface area contributed by atoms with Crippen LogP contribution in [0, 0.1) is 30.1 Å². The Hall–Kier alpha value is -2.50. The van der Waals surface area contributed by atoms with Gasteiger partial charge in [0.05, 0.1) is 0 Å². The van der Waals surface area contributed by atoms with Crippen LogP contribution in [0.25, 0.3) is 0 Å². The number of nitrogens with one attached hydrogen (secondary N) is 1. The lowest BCUT2D eigenvalue weighted by Crippen LogP contribution is -2.28. The molecule has 0 aromatic heterocycles. The molecule has 3 rings (SSSR count). The minimum Gasteiger partial charge on any atom is -0.326 e. The highest BCUT2D eigenvalue weighted by molar-refractivity contribution is 6.30. The molecule has 29 heavy (non-hydrogen) atoms. The summed E-state index contributed by atoms with van der Waals surface area (Å²) in [5, 5.41) is 3.74. The van der Waals surface area contributed by atoms with E-state index in [1.807, 2.05) is 55.5 Å². The Morgan fingerprint density at radius 2 is 2.03 bits per heavy atom. The molecule has 2 aromatic rings. The molecule has 150 valence electrons. The number of rotatable bonds is 3. The van der Waals surface area contributed by atoms with Crippen LogP contribution in [0.2, 0.25) is 5.02 Å². The number of anilines is 1. The second-order valence-corrected chi connectivity index (χ2v) is 9.00. The van der Waals surface area contributed by atoms with Crippen molar-refractivity contribution >= 4 is 23.2 Å². The van der Waals surface area contributed by atoms with Crippen molar-refractivity contribution in [3.05, 3.63) is 76.3 Å². The fourth-order valence-corrected chi connectivity index (χ4v) is 4.25. The lowest BCUT2D eigenvalue weighted by atomic mass is 9.68. The summed E-state index contributed by atoms with van der Waals surface area (Å²) in [4.78, 5) is 12.5. The van der Waals surface area contributed by atoms with E-state index in [0.717, 1.165) is 36.1 Å². The predicted octanol–water partition coefficient (Wildman–Crippen LogP) is 6.78. The van der Waals surface area contributed by atoms with Crippen LogP contribution >= 0.6 is 11.6 Å². The fourth-order valence-electron chi connectivity index (χ4n) is 4.06. The molecule has 0 spiro atoms. The number of carbonyl (C=O) groups is 1. The van der Waals surface area contributed by atoms with Crippen molar-refractivity contribution < 1.29 is 4.79 Å². The summed E-state index contributed by atoms with van der Waals surface area (Å²) >= 11 is 6.02. The molecule has 1 aliphatic carbocycles. The molecule has 0 bridgehead atoms. The molecule has 1 saturated carbocycles. The van der Waals surface area contributed by atoms with Gasteiger partial charge in [-0.1, -0.05) is 61.1 Å². The molecule has 1 unspecified atom stereocenters. The maximum Gasteiger partial charge on any atom is 0.224 e. The van der Waals surface area contributed by atoms with Gasteiger partial charge in [-0.2, -0.15) is 0 Å². The lowest BCUT2D eigenvalue weighted by Gasteiger charge is -2.37. The van der Waals surface area contributed by atoms with Crippen LogP contribution in [0.1, 0.15) is 50.7 Å². The van der Waals surface area contributed by atoms with Crippen molar-refractivity contribution in [3.63, 3.8) is 0 Å². The molecule has 1 atom stereocenters. The average molecular weight is 406 g/mol. The summed E-state index contributed by atoms with van der Waals surface area (Å²) in [5.41, 5.74) is 4.36. The van der Waals surface area contributed by atoms with E-state index >= 15 is 0 Å². The van der Waals surface area contributed by atoms with Crippen molar-refractivity contribution in [3.8, 4) is 11.8 Å². The topological polar surface area (TPSA) is 29.1 Å². The van der Waals surface area contributed by atoms with E-state index in [1.165, 1.54) is 5.57 Å². The highest BCUT2D eigenvalue weighted by atomic mass is 35.5. The third-order valence-electron chi connectivity index (χ3n) is 5.55. The maximum atomic E-state index is 12.5. The Morgan fingerprint density at radius 3 is 2.76 bits per heavy atom. The zero-order valence-corrected chi connectivity index (χ0v) is 18.1. The Kier molecular flexibility index (Phi) is 6.83. The average Bonchev–Trinajstić information content (AvgIpc) is 2.63. The van der Waals surface area contributed by atoms with Gasteiger partial charge in [0.2, 0.25) is 5.91 Å². The number of hydrogen-bond acceptors (Lipinski definition) is 1. The van der Waals surface area contributed by atoms with Crippen molar-refractivity contribution in [2.45, 2.75) is 46.5 Å². The van der Waals surface area contributed by atoms with E-state index in [4.69, 9.17) is 11.6 Å². The first-order valence-electron chi connectivity index (χ1n) is 10.1. The van der Waals surface area contributed by atoms with Gasteiger partial charge in [-0.05, 0) is 79.5 Å². The maximum absolute atomic E-state index is 12.5. The molecular formula is C26H28ClNO. The number of benzene rings is 2. The number of carbonyl (C=O) groups excluding carboxylic acids is 1. The van der Waals surface area contributed by atoms with Gasteiger partial charge in [0.15, 0.2) is 0 Å². The first-order chi connectivity index (χ1) is 13.8. The molecular weight excluding hydrogens is 378 g/mol. The van der Waals surface area contributed by atoms with E-state index < -0.39 is 0 Å². The summed E-state index contributed by atoms with van der Waals surface area (Å²) in [6.45, 7) is 6.54. The predicted molar refractivity (Wildman–Crippen MR) is 122 cm³/mol. The SMILES string of the molecule is Cc1cccc(NC(=O)CC2CC/C(=C\C#Cc3cccc(Cl)c3)C(C)(C)C2)c1. The highest BCUT2D eigenvalue weighted by Gasteiger charge is 2.32. The van der Waals surface area contributed by atoms with Crippen LogP contribution in [0.4, 0.5) is 5.69 Å². The molecule has 1 aliphatic rings. The number of allylic oxidation sites excluding steroid dienone is 2. The molecule has 0 aliphatic heterocycles. The van der Waals surface area contributed by atoms with Gasteiger partial charge in [-0.25, -0.2) is 0 Å². The van der Waals surface area contributed by atoms with E-state index in [1.54, 1.807) is 0 Å². The molecule has 1 fully saturated rings. The number of hydrogen-bond donors (Lipinski definition) is 1.